The van der Waals surface area contributed by atoms with Gasteiger partial charge in [0, 0.05) is 51.0 Å². The minimum Gasteiger partial charge on any atom is -0.493 e. The fourth-order valence-corrected chi connectivity index (χ4v) is 2.57. The highest BCUT2D eigenvalue weighted by Crippen LogP contribution is 2.17. The average molecular weight is 365 g/mol. The molecule has 0 heterocycles. The molecular weight excluding hydrogens is 328 g/mol. The Labute approximate surface area is 159 Å². The van der Waals surface area contributed by atoms with Gasteiger partial charge in [-0.3, -0.25) is 9.89 Å². The van der Waals surface area contributed by atoms with E-state index in [4.69, 9.17) is 14.5 Å². The monoisotopic (exact) mass is 364 g/mol. The summed E-state index contributed by atoms with van der Waals surface area (Å²) in [5.41, 5.74) is 0.963. The van der Waals surface area contributed by atoms with Gasteiger partial charge in [0.05, 0.1) is 13.2 Å². The first kappa shape index (κ1) is 22.3. The summed E-state index contributed by atoms with van der Waals surface area (Å²) in [6.45, 7) is 13.6. The highest BCUT2D eigenvalue weighted by Gasteiger charge is 2.06. The third kappa shape index (κ3) is 9.06. The average Bonchev–Trinajstić information content (AvgIpc) is 2.62. The lowest BCUT2D eigenvalue weighted by Gasteiger charge is -2.23. The topological polar surface area (TPSA) is 58.1 Å². The smallest absolute Gasteiger partial charge is 0.195 e. The molecule has 1 aromatic rings. The van der Waals surface area contributed by atoms with E-state index in [2.05, 4.69) is 43.2 Å². The molecular formula is C20H36N4O2. The van der Waals surface area contributed by atoms with Gasteiger partial charge in [0.25, 0.3) is 0 Å². The summed E-state index contributed by atoms with van der Waals surface area (Å²) >= 11 is 0. The van der Waals surface area contributed by atoms with Crippen molar-refractivity contribution in [1.82, 2.24) is 10.2 Å². The number of nitrogens with zero attached hydrogens (tertiary/aromatic N) is 2. The van der Waals surface area contributed by atoms with Gasteiger partial charge < -0.3 is 20.1 Å². The molecule has 0 aliphatic rings. The fraction of sp³-hybridized carbons (Fsp3) is 0.650. The molecule has 0 saturated carbocycles. The summed E-state index contributed by atoms with van der Waals surface area (Å²) in [6.07, 6.45) is 0.877. The molecule has 0 radical (unpaired) electrons. The quantitative estimate of drug-likeness (QED) is 0.339. The number of anilines is 1. The number of ether oxygens (including phenoxy) is 2. The lowest BCUT2D eigenvalue weighted by Crippen LogP contribution is -2.35. The van der Waals surface area contributed by atoms with E-state index in [0.717, 1.165) is 50.0 Å². The van der Waals surface area contributed by atoms with Crippen LogP contribution in [0.3, 0.4) is 0 Å². The van der Waals surface area contributed by atoms with Crippen molar-refractivity contribution >= 4 is 11.6 Å². The molecule has 0 bridgehead atoms. The van der Waals surface area contributed by atoms with Gasteiger partial charge in [-0.25, -0.2) is 0 Å². The van der Waals surface area contributed by atoms with Crippen LogP contribution < -0.4 is 15.4 Å². The Morgan fingerprint density at radius 1 is 1.23 bits per heavy atom. The highest BCUT2D eigenvalue weighted by molar-refractivity contribution is 5.93. The number of rotatable bonds is 12. The lowest BCUT2D eigenvalue weighted by molar-refractivity contribution is 0.172. The fourth-order valence-electron chi connectivity index (χ4n) is 2.57. The zero-order valence-corrected chi connectivity index (χ0v) is 17.0. The van der Waals surface area contributed by atoms with E-state index >= 15 is 0 Å². The highest BCUT2D eigenvalue weighted by atomic mass is 16.5. The van der Waals surface area contributed by atoms with E-state index in [-0.39, 0.29) is 0 Å². The zero-order valence-electron chi connectivity index (χ0n) is 17.0. The molecule has 1 rings (SSSR count). The van der Waals surface area contributed by atoms with Crippen LogP contribution in [-0.4, -0.2) is 63.4 Å². The Morgan fingerprint density at radius 2 is 2.04 bits per heavy atom. The minimum absolute atomic E-state index is 0.540. The van der Waals surface area contributed by atoms with Crippen molar-refractivity contribution in [2.24, 2.45) is 4.99 Å². The Hall–Kier alpha value is -1.79. The van der Waals surface area contributed by atoms with E-state index in [0.29, 0.717) is 19.3 Å². The van der Waals surface area contributed by atoms with Crippen molar-refractivity contribution in [3.63, 3.8) is 0 Å². The summed E-state index contributed by atoms with van der Waals surface area (Å²) in [6, 6.07) is 8.49. The van der Waals surface area contributed by atoms with Gasteiger partial charge >= 0.3 is 0 Å². The third-order valence-electron chi connectivity index (χ3n) is 4.00. The molecule has 148 valence electrons. The number of nitrogens with one attached hydrogen (secondary N) is 2. The lowest BCUT2D eigenvalue weighted by atomic mass is 10.3. The number of hydrogen-bond acceptors (Lipinski definition) is 4. The number of methoxy groups -OCH3 is 1. The maximum Gasteiger partial charge on any atom is 0.195 e. The van der Waals surface area contributed by atoms with Gasteiger partial charge in [-0.15, -0.1) is 0 Å². The summed E-state index contributed by atoms with van der Waals surface area (Å²) in [5.74, 6) is 1.64. The first-order valence-corrected chi connectivity index (χ1v) is 9.61. The first-order chi connectivity index (χ1) is 12.6. The van der Waals surface area contributed by atoms with Crippen molar-refractivity contribution in [3.05, 3.63) is 24.3 Å². The van der Waals surface area contributed by atoms with E-state index < -0.39 is 0 Å². The molecule has 2 N–H and O–H groups in total. The van der Waals surface area contributed by atoms with Gasteiger partial charge in [0.1, 0.15) is 5.75 Å². The summed E-state index contributed by atoms with van der Waals surface area (Å²) in [5, 5.41) is 6.65. The molecule has 0 fully saturated rings. The second-order valence-corrected chi connectivity index (χ2v) is 6.33. The summed E-state index contributed by atoms with van der Waals surface area (Å²) in [4.78, 5) is 7.09. The van der Waals surface area contributed by atoms with Crippen LogP contribution in [0.2, 0.25) is 0 Å². The molecule has 0 spiro atoms. The van der Waals surface area contributed by atoms with Gasteiger partial charge in [-0.1, -0.05) is 13.0 Å². The van der Waals surface area contributed by atoms with E-state index in [1.807, 2.05) is 24.3 Å². The standard InChI is InChI=1S/C20H36N4O2/c1-6-21-20(22-12-13-24(7-2)17(3)4)23-18-10-8-11-19(16-18)26-15-9-14-25-5/h8,10-11,16-17H,6-7,9,12-15H2,1-5H3,(H2,21,22,23). The van der Waals surface area contributed by atoms with Crippen molar-refractivity contribution in [1.29, 1.82) is 0 Å². The molecule has 0 unspecified atom stereocenters. The molecule has 0 atom stereocenters. The van der Waals surface area contributed by atoms with Crippen LogP contribution in [0.25, 0.3) is 0 Å². The van der Waals surface area contributed by atoms with Gasteiger partial charge in [-0.2, -0.15) is 0 Å². The second-order valence-electron chi connectivity index (χ2n) is 6.33. The van der Waals surface area contributed by atoms with Crippen molar-refractivity contribution in [2.75, 3.05) is 51.8 Å². The van der Waals surface area contributed by atoms with Gasteiger partial charge in [0.2, 0.25) is 0 Å². The normalized spacial score (nSPS) is 11.9. The molecule has 0 aromatic heterocycles. The van der Waals surface area contributed by atoms with Crippen LogP contribution >= 0.6 is 0 Å². The number of hydrogen-bond donors (Lipinski definition) is 2. The van der Waals surface area contributed by atoms with Gasteiger partial charge in [0.15, 0.2) is 5.96 Å². The molecule has 6 nitrogen and oxygen atoms in total. The van der Waals surface area contributed by atoms with E-state index in [1.54, 1.807) is 7.11 Å². The van der Waals surface area contributed by atoms with Crippen molar-refractivity contribution < 1.29 is 9.47 Å². The molecule has 6 heteroatoms. The maximum absolute atomic E-state index is 5.76. The van der Waals surface area contributed by atoms with E-state index in [9.17, 15) is 0 Å². The van der Waals surface area contributed by atoms with Crippen LogP contribution in [0, 0.1) is 0 Å². The number of benzene rings is 1. The molecule has 0 amide bonds. The maximum atomic E-state index is 5.76. The zero-order chi connectivity index (χ0) is 19.2. The summed E-state index contributed by atoms with van der Waals surface area (Å²) < 4.78 is 10.8. The Kier molecular flexibility index (Phi) is 11.5. The van der Waals surface area contributed by atoms with Gasteiger partial charge in [-0.05, 0) is 39.4 Å². The molecule has 0 saturated heterocycles. The largest absolute Gasteiger partial charge is 0.493 e. The summed E-state index contributed by atoms with van der Waals surface area (Å²) in [7, 11) is 1.70. The number of aliphatic imine (C=N–C) groups is 1. The third-order valence-corrected chi connectivity index (χ3v) is 4.00. The second kappa shape index (κ2) is 13.4. The van der Waals surface area contributed by atoms with Crippen LogP contribution in [0.1, 0.15) is 34.1 Å². The molecule has 1 aromatic carbocycles. The van der Waals surface area contributed by atoms with Crippen LogP contribution in [0.4, 0.5) is 5.69 Å². The Bertz CT molecular complexity index is 520. The number of likely N-dealkylation sites (N-methyl/N-ethyl adjacent to an activating group) is 1. The van der Waals surface area contributed by atoms with E-state index in [1.165, 1.54) is 0 Å². The minimum atomic E-state index is 0.540. The Balaban J connectivity index is 2.61. The first-order valence-electron chi connectivity index (χ1n) is 9.61. The molecule has 0 aliphatic carbocycles. The SMILES string of the molecule is CCNC(=NCCN(CC)C(C)C)Nc1cccc(OCCCOC)c1. The van der Waals surface area contributed by atoms with Crippen LogP contribution in [0.15, 0.2) is 29.3 Å². The molecule has 0 aliphatic heterocycles. The van der Waals surface area contributed by atoms with Crippen molar-refractivity contribution in [3.8, 4) is 5.75 Å². The Morgan fingerprint density at radius 3 is 2.69 bits per heavy atom. The van der Waals surface area contributed by atoms with Crippen molar-refractivity contribution in [2.45, 2.75) is 40.2 Å². The molecule has 26 heavy (non-hydrogen) atoms. The predicted molar refractivity (Wildman–Crippen MR) is 110 cm³/mol. The predicted octanol–water partition coefficient (Wildman–Crippen LogP) is 3.21. The van der Waals surface area contributed by atoms with Crippen LogP contribution in [-0.2, 0) is 4.74 Å². The number of guanidine groups is 1. The van der Waals surface area contributed by atoms with Crippen LogP contribution in [0.5, 0.6) is 5.75 Å².